The van der Waals surface area contributed by atoms with Gasteiger partial charge in [0, 0.05) is 16.3 Å². The fraction of sp³-hybridized carbons (Fsp3) is 0.0625. The molecule has 0 spiro atoms. The molecule has 0 aliphatic rings. The van der Waals surface area contributed by atoms with E-state index in [9.17, 15) is 4.79 Å². The van der Waals surface area contributed by atoms with Crippen LogP contribution in [0, 0.1) is 0 Å². The molecule has 0 amide bonds. The molecule has 0 unspecified atom stereocenters. The molecule has 0 bridgehead atoms. The van der Waals surface area contributed by atoms with Crippen molar-refractivity contribution in [2.24, 2.45) is 0 Å². The number of carbonyl (C=O) groups is 1. The predicted molar refractivity (Wildman–Crippen MR) is 89.8 cm³/mol. The number of aromatic amines is 1. The number of rotatable bonds is 5. The van der Waals surface area contributed by atoms with Crippen LogP contribution in [0.5, 0.6) is 0 Å². The Bertz CT molecular complexity index is 816. The van der Waals surface area contributed by atoms with Crippen molar-refractivity contribution in [1.82, 2.24) is 15.2 Å². The zero-order valence-corrected chi connectivity index (χ0v) is 13.4. The second-order valence-corrected chi connectivity index (χ2v) is 6.14. The molecule has 2 aromatic carbocycles. The highest BCUT2D eigenvalue weighted by atomic mass is 35.5. The Labute approximate surface area is 141 Å². The molecule has 2 N–H and O–H groups in total. The third-order valence-electron chi connectivity index (χ3n) is 3.15. The standard InChI is InChI=1S/C16H12ClN3O2S/c17-13-7-5-11(6-8-13)14-18-16(20-19-14)23-9-10-1-3-12(4-2-10)15(21)22/h1-8H,9H2,(H,21,22)(H,18,19,20). The summed E-state index contributed by atoms with van der Waals surface area (Å²) in [5.74, 6) is 0.425. The van der Waals surface area contributed by atoms with E-state index >= 15 is 0 Å². The summed E-state index contributed by atoms with van der Waals surface area (Å²) < 4.78 is 0. The molecular formula is C16H12ClN3O2S. The number of nitrogens with zero attached hydrogens (tertiary/aromatic N) is 2. The number of nitrogens with one attached hydrogen (secondary N) is 1. The van der Waals surface area contributed by atoms with Gasteiger partial charge in [-0.3, -0.25) is 5.10 Å². The Balaban J connectivity index is 1.65. The van der Waals surface area contributed by atoms with Gasteiger partial charge in [0.05, 0.1) is 5.56 Å². The van der Waals surface area contributed by atoms with Gasteiger partial charge in [-0.1, -0.05) is 35.5 Å². The molecule has 0 aliphatic carbocycles. The maximum atomic E-state index is 10.8. The van der Waals surface area contributed by atoms with E-state index in [1.54, 1.807) is 36.4 Å². The predicted octanol–water partition coefficient (Wildman–Crippen LogP) is 4.12. The summed E-state index contributed by atoms with van der Waals surface area (Å²) in [4.78, 5) is 15.2. The average molecular weight is 346 g/mol. The molecular weight excluding hydrogens is 334 g/mol. The molecule has 1 aromatic heterocycles. The van der Waals surface area contributed by atoms with E-state index in [-0.39, 0.29) is 5.56 Å². The molecule has 23 heavy (non-hydrogen) atoms. The zero-order valence-electron chi connectivity index (χ0n) is 11.9. The minimum Gasteiger partial charge on any atom is -0.478 e. The topological polar surface area (TPSA) is 78.9 Å². The normalized spacial score (nSPS) is 10.7. The van der Waals surface area contributed by atoms with Gasteiger partial charge in [0.2, 0.25) is 5.16 Å². The van der Waals surface area contributed by atoms with Crippen molar-refractivity contribution in [2.75, 3.05) is 0 Å². The van der Waals surface area contributed by atoms with E-state index in [1.165, 1.54) is 11.8 Å². The Hall–Kier alpha value is -2.31. The van der Waals surface area contributed by atoms with Crippen LogP contribution in [0.1, 0.15) is 15.9 Å². The van der Waals surface area contributed by atoms with E-state index in [2.05, 4.69) is 15.2 Å². The van der Waals surface area contributed by atoms with Gasteiger partial charge in [0.25, 0.3) is 0 Å². The number of aromatic carboxylic acids is 1. The smallest absolute Gasteiger partial charge is 0.335 e. The Morgan fingerprint density at radius 2 is 1.83 bits per heavy atom. The lowest BCUT2D eigenvalue weighted by Crippen LogP contribution is -1.95. The molecule has 116 valence electrons. The lowest BCUT2D eigenvalue weighted by atomic mass is 10.1. The second-order valence-electron chi connectivity index (χ2n) is 4.76. The second kappa shape index (κ2) is 6.85. The first kappa shape index (κ1) is 15.6. The van der Waals surface area contributed by atoms with Crippen LogP contribution in [-0.2, 0) is 5.75 Å². The Kier molecular flexibility index (Phi) is 4.64. The molecule has 7 heteroatoms. The summed E-state index contributed by atoms with van der Waals surface area (Å²) >= 11 is 7.34. The number of hydrogen-bond donors (Lipinski definition) is 2. The highest BCUT2D eigenvalue weighted by molar-refractivity contribution is 7.98. The fourth-order valence-corrected chi connectivity index (χ4v) is 2.82. The Morgan fingerprint density at radius 1 is 1.13 bits per heavy atom. The lowest BCUT2D eigenvalue weighted by Gasteiger charge is -1.99. The maximum Gasteiger partial charge on any atom is 0.335 e. The number of thioether (sulfide) groups is 1. The number of halogens is 1. The van der Waals surface area contributed by atoms with Crippen LogP contribution >= 0.6 is 23.4 Å². The summed E-state index contributed by atoms with van der Waals surface area (Å²) in [7, 11) is 0. The number of carboxylic acids is 1. The summed E-state index contributed by atoms with van der Waals surface area (Å²) in [6.45, 7) is 0. The van der Waals surface area contributed by atoms with Crippen molar-refractivity contribution in [3.05, 3.63) is 64.7 Å². The van der Waals surface area contributed by atoms with Gasteiger partial charge in [-0.15, -0.1) is 5.10 Å². The average Bonchev–Trinajstić information content (AvgIpc) is 3.03. The van der Waals surface area contributed by atoms with Gasteiger partial charge >= 0.3 is 5.97 Å². The fourth-order valence-electron chi connectivity index (χ4n) is 1.94. The molecule has 0 saturated heterocycles. The third kappa shape index (κ3) is 3.91. The van der Waals surface area contributed by atoms with E-state index < -0.39 is 5.97 Å². The molecule has 0 aliphatic heterocycles. The van der Waals surface area contributed by atoms with Crippen LogP contribution in [-0.4, -0.2) is 26.3 Å². The van der Waals surface area contributed by atoms with Crippen molar-refractivity contribution < 1.29 is 9.90 Å². The molecule has 3 aromatic rings. The first-order valence-electron chi connectivity index (χ1n) is 6.75. The molecule has 0 atom stereocenters. The van der Waals surface area contributed by atoms with Gasteiger partial charge in [0.15, 0.2) is 5.82 Å². The van der Waals surface area contributed by atoms with Crippen molar-refractivity contribution in [2.45, 2.75) is 10.9 Å². The summed E-state index contributed by atoms with van der Waals surface area (Å²) in [5, 5.41) is 17.3. The van der Waals surface area contributed by atoms with E-state index in [0.29, 0.717) is 21.8 Å². The largest absolute Gasteiger partial charge is 0.478 e. The van der Waals surface area contributed by atoms with Gasteiger partial charge in [-0.05, 0) is 42.0 Å². The molecule has 0 saturated carbocycles. The molecule has 0 radical (unpaired) electrons. The van der Waals surface area contributed by atoms with Gasteiger partial charge in [0.1, 0.15) is 0 Å². The van der Waals surface area contributed by atoms with Crippen LogP contribution in [0.2, 0.25) is 5.02 Å². The van der Waals surface area contributed by atoms with Crippen molar-refractivity contribution >= 4 is 29.3 Å². The third-order valence-corrected chi connectivity index (χ3v) is 4.32. The van der Waals surface area contributed by atoms with Gasteiger partial charge < -0.3 is 5.11 Å². The SMILES string of the molecule is O=C(O)c1ccc(CSc2n[nH]c(-c3ccc(Cl)cc3)n2)cc1. The number of carboxylic acid groups (broad SMARTS) is 1. The highest BCUT2D eigenvalue weighted by Crippen LogP contribution is 2.23. The minimum atomic E-state index is -0.925. The quantitative estimate of drug-likeness (QED) is 0.680. The number of benzene rings is 2. The van der Waals surface area contributed by atoms with Crippen LogP contribution in [0.25, 0.3) is 11.4 Å². The summed E-state index contributed by atoms with van der Waals surface area (Å²) in [6.07, 6.45) is 0. The number of aromatic nitrogens is 3. The van der Waals surface area contributed by atoms with Crippen LogP contribution in [0.4, 0.5) is 0 Å². The Morgan fingerprint density at radius 3 is 2.48 bits per heavy atom. The highest BCUT2D eigenvalue weighted by Gasteiger charge is 2.07. The van der Waals surface area contributed by atoms with Crippen LogP contribution < -0.4 is 0 Å². The van der Waals surface area contributed by atoms with Crippen molar-refractivity contribution in [3.8, 4) is 11.4 Å². The zero-order chi connectivity index (χ0) is 16.2. The summed E-state index contributed by atoms with van der Waals surface area (Å²) in [5.41, 5.74) is 2.21. The minimum absolute atomic E-state index is 0.279. The van der Waals surface area contributed by atoms with Gasteiger partial charge in [-0.2, -0.15) is 0 Å². The van der Waals surface area contributed by atoms with Gasteiger partial charge in [-0.25, -0.2) is 9.78 Å². The summed E-state index contributed by atoms with van der Waals surface area (Å²) in [6, 6.07) is 14.1. The number of H-pyrrole nitrogens is 1. The monoisotopic (exact) mass is 345 g/mol. The van der Waals surface area contributed by atoms with E-state index in [1.807, 2.05) is 12.1 Å². The molecule has 5 nitrogen and oxygen atoms in total. The van der Waals surface area contributed by atoms with Crippen LogP contribution in [0.3, 0.4) is 0 Å². The maximum absolute atomic E-state index is 10.8. The first-order valence-corrected chi connectivity index (χ1v) is 8.11. The molecule has 3 rings (SSSR count). The van der Waals surface area contributed by atoms with Crippen molar-refractivity contribution in [3.63, 3.8) is 0 Å². The molecule has 1 heterocycles. The lowest BCUT2D eigenvalue weighted by molar-refractivity contribution is 0.0697. The number of hydrogen-bond acceptors (Lipinski definition) is 4. The van der Waals surface area contributed by atoms with Crippen LogP contribution in [0.15, 0.2) is 53.7 Å². The van der Waals surface area contributed by atoms with E-state index in [0.717, 1.165) is 11.1 Å². The van der Waals surface area contributed by atoms with E-state index in [4.69, 9.17) is 16.7 Å². The van der Waals surface area contributed by atoms with Crippen molar-refractivity contribution in [1.29, 1.82) is 0 Å². The first-order chi connectivity index (χ1) is 11.1. The molecule has 0 fully saturated rings.